The number of aromatic nitrogens is 1. The van der Waals surface area contributed by atoms with Gasteiger partial charge in [-0.3, -0.25) is 10.1 Å². The van der Waals surface area contributed by atoms with E-state index in [4.69, 9.17) is 0 Å². The highest BCUT2D eigenvalue weighted by atomic mass is 32.1. The maximum absolute atomic E-state index is 11.4. The molecule has 1 saturated carbocycles. The zero-order chi connectivity index (χ0) is 14.1. The lowest BCUT2D eigenvalue weighted by atomic mass is 9.99. The quantitative estimate of drug-likeness (QED) is 0.677. The number of hydrogen-bond donors (Lipinski definition) is 1. The highest BCUT2D eigenvalue weighted by Gasteiger charge is 2.26. The average molecular weight is 291 g/mol. The van der Waals surface area contributed by atoms with Gasteiger partial charge in [0.15, 0.2) is 5.52 Å². The summed E-state index contributed by atoms with van der Waals surface area (Å²) in [6.07, 6.45) is 4.95. The number of nitro groups is 1. The molecule has 0 saturated heterocycles. The van der Waals surface area contributed by atoms with E-state index in [1.54, 1.807) is 5.51 Å². The third-order valence-corrected chi connectivity index (χ3v) is 4.94. The third-order valence-electron chi connectivity index (χ3n) is 4.15. The van der Waals surface area contributed by atoms with Crippen LogP contribution in [0, 0.1) is 16.0 Å². The molecule has 20 heavy (non-hydrogen) atoms. The molecule has 0 radical (unpaired) electrons. The van der Waals surface area contributed by atoms with E-state index in [-0.39, 0.29) is 16.7 Å². The number of nitrogens with one attached hydrogen (secondary N) is 1. The normalized spacial score (nSPS) is 17.4. The molecule has 0 bridgehead atoms. The fraction of sp³-hybridized carbons (Fsp3) is 0.500. The Kier molecular flexibility index (Phi) is 3.56. The molecule has 1 unspecified atom stereocenters. The van der Waals surface area contributed by atoms with Gasteiger partial charge in [-0.1, -0.05) is 12.8 Å². The molecule has 1 aromatic carbocycles. The first-order valence-corrected chi connectivity index (χ1v) is 7.82. The predicted octanol–water partition coefficient (Wildman–Crippen LogP) is 4.20. The minimum atomic E-state index is -0.328. The van der Waals surface area contributed by atoms with E-state index in [1.165, 1.54) is 37.0 Å². The summed E-state index contributed by atoms with van der Waals surface area (Å²) < 4.78 is 0.857. The highest BCUT2D eigenvalue weighted by Crippen LogP contribution is 2.36. The van der Waals surface area contributed by atoms with Gasteiger partial charge in [0.1, 0.15) is 5.69 Å². The van der Waals surface area contributed by atoms with Crippen LogP contribution in [0.3, 0.4) is 0 Å². The first-order chi connectivity index (χ1) is 9.66. The van der Waals surface area contributed by atoms with Crippen LogP contribution in [-0.2, 0) is 0 Å². The molecule has 0 aliphatic heterocycles. The Hall–Kier alpha value is -1.69. The number of thiazole rings is 1. The van der Waals surface area contributed by atoms with E-state index in [0.717, 1.165) is 4.70 Å². The van der Waals surface area contributed by atoms with Gasteiger partial charge in [-0.05, 0) is 37.8 Å². The molecule has 1 atom stereocenters. The molecule has 1 fully saturated rings. The van der Waals surface area contributed by atoms with Gasteiger partial charge in [0, 0.05) is 6.04 Å². The minimum Gasteiger partial charge on any atom is -0.377 e. The topological polar surface area (TPSA) is 68.1 Å². The second-order valence-electron chi connectivity index (χ2n) is 5.40. The molecular weight excluding hydrogens is 274 g/mol. The maximum atomic E-state index is 11.4. The maximum Gasteiger partial charge on any atom is 0.319 e. The number of anilines is 1. The number of fused-ring (bicyclic) bond motifs is 1. The van der Waals surface area contributed by atoms with E-state index in [2.05, 4.69) is 17.2 Å². The molecular formula is C14H17N3O2S. The van der Waals surface area contributed by atoms with Crippen LogP contribution >= 0.6 is 11.3 Å². The Morgan fingerprint density at radius 1 is 1.45 bits per heavy atom. The molecule has 1 N–H and O–H groups in total. The van der Waals surface area contributed by atoms with Crippen molar-refractivity contribution in [2.75, 3.05) is 5.32 Å². The Balaban J connectivity index is 1.93. The summed E-state index contributed by atoms with van der Waals surface area (Å²) >= 11 is 1.43. The third kappa shape index (κ3) is 2.35. The van der Waals surface area contributed by atoms with Gasteiger partial charge in [-0.25, -0.2) is 4.98 Å². The van der Waals surface area contributed by atoms with Crippen LogP contribution in [0.1, 0.15) is 32.6 Å². The summed E-state index contributed by atoms with van der Waals surface area (Å²) in [5.41, 5.74) is 2.84. The van der Waals surface area contributed by atoms with Gasteiger partial charge in [0.05, 0.1) is 15.1 Å². The Morgan fingerprint density at radius 2 is 2.20 bits per heavy atom. The van der Waals surface area contributed by atoms with Crippen molar-refractivity contribution < 1.29 is 4.92 Å². The van der Waals surface area contributed by atoms with Crippen molar-refractivity contribution in [3.8, 4) is 0 Å². The number of hydrogen-bond acceptors (Lipinski definition) is 5. The second-order valence-corrected chi connectivity index (χ2v) is 6.28. The van der Waals surface area contributed by atoms with Crippen LogP contribution in [0.4, 0.5) is 11.4 Å². The summed E-state index contributed by atoms with van der Waals surface area (Å²) in [6, 6.07) is 3.97. The van der Waals surface area contributed by atoms with Crippen LogP contribution in [0.2, 0.25) is 0 Å². The van der Waals surface area contributed by atoms with Gasteiger partial charge in [-0.15, -0.1) is 11.3 Å². The zero-order valence-electron chi connectivity index (χ0n) is 11.3. The van der Waals surface area contributed by atoms with Crippen molar-refractivity contribution in [2.24, 2.45) is 5.92 Å². The molecule has 1 aromatic heterocycles. The molecule has 1 aliphatic rings. The standard InChI is InChI=1S/C14H17N3O2S/c1-9(10-4-2-3-5-10)16-11-6-7-12-13(15-8-20-12)14(11)17(18)19/h6-10,16H,2-5H2,1H3. The lowest BCUT2D eigenvalue weighted by molar-refractivity contribution is -0.382. The number of nitrogens with zero attached hydrogens (tertiary/aromatic N) is 2. The lowest BCUT2D eigenvalue weighted by Crippen LogP contribution is -2.24. The predicted molar refractivity (Wildman–Crippen MR) is 81.3 cm³/mol. The van der Waals surface area contributed by atoms with Crippen molar-refractivity contribution >= 4 is 32.9 Å². The van der Waals surface area contributed by atoms with Crippen molar-refractivity contribution in [3.63, 3.8) is 0 Å². The Labute approximate surface area is 121 Å². The average Bonchev–Trinajstić information content (AvgIpc) is 3.08. The van der Waals surface area contributed by atoms with Crippen molar-refractivity contribution in [1.29, 1.82) is 0 Å². The van der Waals surface area contributed by atoms with Gasteiger partial charge in [0.2, 0.25) is 0 Å². The fourth-order valence-electron chi connectivity index (χ4n) is 3.04. The summed E-state index contributed by atoms with van der Waals surface area (Å²) in [5, 5.41) is 14.7. The number of rotatable bonds is 4. The summed E-state index contributed by atoms with van der Waals surface area (Å²) in [4.78, 5) is 15.2. The molecule has 1 aliphatic carbocycles. The van der Waals surface area contributed by atoms with E-state index in [0.29, 0.717) is 17.1 Å². The molecule has 106 valence electrons. The first-order valence-electron chi connectivity index (χ1n) is 6.94. The molecule has 0 amide bonds. The van der Waals surface area contributed by atoms with E-state index >= 15 is 0 Å². The van der Waals surface area contributed by atoms with Gasteiger partial charge in [-0.2, -0.15) is 0 Å². The smallest absolute Gasteiger partial charge is 0.319 e. The fourth-order valence-corrected chi connectivity index (χ4v) is 3.72. The van der Waals surface area contributed by atoms with Crippen molar-refractivity contribution in [3.05, 3.63) is 27.8 Å². The van der Waals surface area contributed by atoms with Crippen LogP contribution in [0.5, 0.6) is 0 Å². The zero-order valence-corrected chi connectivity index (χ0v) is 12.2. The summed E-state index contributed by atoms with van der Waals surface area (Å²) in [5.74, 6) is 0.612. The van der Waals surface area contributed by atoms with Crippen LogP contribution in [0.15, 0.2) is 17.6 Å². The Bertz CT molecular complexity index is 634. The van der Waals surface area contributed by atoms with Gasteiger partial charge < -0.3 is 5.32 Å². The van der Waals surface area contributed by atoms with Gasteiger partial charge in [0.25, 0.3) is 0 Å². The SMILES string of the molecule is CC(Nc1ccc2scnc2c1[N+](=O)[O-])C1CCCC1. The minimum absolute atomic E-state index is 0.105. The van der Waals surface area contributed by atoms with Crippen molar-refractivity contribution in [2.45, 2.75) is 38.6 Å². The van der Waals surface area contributed by atoms with E-state index in [9.17, 15) is 10.1 Å². The summed E-state index contributed by atoms with van der Waals surface area (Å²) in [6.45, 7) is 2.12. The van der Waals surface area contributed by atoms with E-state index < -0.39 is 0 Å². The number of nitro benzene ring substituents is 1. The molecule has 2 aromatic rings. The van der Waals surface area contributed by atoms with E-state index in [1.807, 2.05) is 12.1 Å². The highest BCUT2D eigenvalue weighted by molar-refractivity contribution is 7.16. The van der Waals surface area contributed by atoms with Crippen LogP contribution < -0.4 is 5.32 Å². The largest absolute Gasteiger partial charge is 0.377 e. The van der Waals surface area contributed by atoms with Crippen molar-refractivity contribution in [1.82, 2.24) is 4.98 Å². The molecule has 1 heterocycles. The molecule has 3 rings (SSSR count). The lowest BCUT2D eigenvalue weighted by Gasteiger charge is -2.21. The Morgan fingerprint density at radius 3 is 2.90 bits per heavy atom. The first kappa shape index (κ1) is 13.3. The van der Waals surface area contributed by atoms with Crippen LogP contribution in [-0.4, -0.2) is 15.9 Å². The molecule has 5 nitrogen and oxygen atoms in total. The van der Waals surface area contributed by atoms with Crippen LogP contribution in [0.25, 0.3) is 10.2 Å². The summed E-state index contributed by atoms with van der Waals surface area (Å²) in [7, 11) is 0. The monoisotopic (exact) mass is 291 g/mol. The second kappa shape index (κ2) is 5.36. The van der Waals surface area contributed by atoms with Gasteiger partial charge >= 0.3 is 5.69 Å². The molecule has 6 heteroatoms. The number of benzene rings is 1. The molecule has 0 spiro atoms.